The van der Waals surface area contributed by atoms with Gasteiger partial charge < -0.3 is 10.4 Å². The maximum absolute atomic E-state index is 12.2. The molecule has 0 saturated heterocycles. The fraction of sp³-hybridized carbons (Fsp3) is 0.375. The average molecular weight is 316 g/mol. The van der Waals surface area contributed by atoms with Crippen LogP contribution in [-0.4, -0.2) is 37.5 Å². The van der Waals surface area contributed by atoms with Crippen molar-refractivity contribution in [2.45, 2.75) is 38.8 Å². The van der Waals surface area contributed by atoms with Crippen molar-refractivity contribution >= 4 is 11.9 Å². The quantitative estimate of drug-likeness (QED) is 0.810. The Bertz CT molecular complexity index is 680. The van der Waals surface area contributed by atoms with E-state index in [-0.39, 0.29) is 18.0 Å². The maximum atomic E-state index is 12.2. The number of aliphatic carboxylic acids is 1. The molecule has 7 nitrogen and oxygen atoms in total. The predicted molar refractivity (Wildman–Crippen MR) is 84.0 cm³/mol. The van der Waals surface area contributed by atoms with E-state index in [1.165, 1.54) is 0 Å². The van der Waals surface area contributed by atoms with Crippen LogP contribution in [0.25, 0.3) is 0 Å². The number of carboxylic acid groups (broad SMARTS) is 1. The SMILES string of the molecule is CC(C)(CCC(=O)O)NC(=O)c1cn(Cc2ccccc2)nn1. The maximum Gasteiger partial charge on any atom is 0.303 e. The molecule has 0 aliphatic rings. The Balaban J connectivity index is 1.96. The van der Waals surface area contributed by atoms with Gasteiger partial charge in [-0.3, -0.25) is 9.59 Å². The van der Waals surface area contributed by atoms with Crippen molar-refractivity contribution in [3.63, 3.8) is 0 Å². The molecule has 0 atom stereocenters. The molecule has 0 aliphatic carbocycles. The normalized spacial score (nSPS) is 11.2. The molecular formula is C16H20N4O3. The highest BCUT2D eigenvalue weighted by molar-refractivity contribution is 5.92. The minimum Gasteiger partial charge on any atom is -0.481 e. The van der Waals surface area contributed by atoms with E-state index in [9.17, 15) is 9.59 Å². The van der Waals surface area contributed by atoms with E-state index in [0.29, 0.717) is 13.0 Å². The number of hydrogen-bond donors (Lipinski definition) is 2. The van der Waals surface area contributed by atoms with Gasteiger partial charge in [0, 0.05) is 12.0 Å². The number of nitrogens with one attached hydrogen (secondary N) is 1. The molecule has 1 aromatic carbocycles. The zero-order chi connectivity index (χ0) is 16.9. The number of carboxylic acids is 1. The van der Waals surface area contributed by atoms with Crippen molar-refractivity contribution in [1.29, 1.82) is 0 Å². The Labute approximate surface area is 134 Å². The van der Waals surface area contributed by atoms with Crippen LogP contribution >= 0.6 is 0 Å². The second kappa shape index (κ2) is 7.04. The second-order valence-corrected chi connectivity index (χ2v) is 6.02. The number of carbonyl (C=O) groups is 2. The first-order valence-electron chi connectivity index (χ1n) is 7.34. The van der Waals surface area contributed by atoms with Gasteiger partial charge in [-0.25, -0.2) is 4.68 Å². The number of benzene rings is 1. The Morgan fingerprint density at radius 3 is 2.61 bits per heavy atom. The Morgan fingerprint density at radius 1 is 1.26 bits per heavy atom. The first-order valence-corrected chi connectivity index (χ1v) is 7.34. The molecule has 0 fully saturated rings. The lowest BCUT2D eigenvalue weighted by atomic mass is 9.98. The molecule has 1 aromatic heterocycles. The summed E-state index contributed by atoms with van der Waals surface area (Å²) >= 11 is 0. The Morgan fingerprint density at radius 2 is 1.96 bits per heavy atom. The minimum absolute atomic E-state index is 0.00597. The zero-order valence-electron chi connectivity index (χ0n) is 13.2. The zero-order valence-corrected chi connectivity index (χ0v) is 13.2. The van der Waals surface area contributed by atoms with Crippen LogP contribution in [-0.2, 0) is 11.3 Å². The summed E-state index contributed by atoms with van der Waals surface area (Å²) in [5.74, 6) is -1.25. The standard InChI is InChI=1S/C16H20N4O3/c1-16(2,9-8-14(21)22)17-15(23)13-11-20(19-18-13)10-12-6-4-3-5-7-12/h3-7,11H,8-10H2,1-2H3,(H,17,23)(H,21,22). The summed E-state index contributed by atoms with van der Waals surface area (Å²) < 4.78 is 1.59. The third kappa shape index (κ3) is 5.21. The summed E-state index contributed by atoms with van der Waals surface area (Å²) in [4.78, 5) is 22.8. The van der Waals surface area contributed by atoms with Crippen LogP contribution in [0.1, 0.15) is 42.7 Å². The van der Waals surface area contributed by atoms with E-state index >= 15 is 0 Å². The van der Waals surface area contributed by atoms with Crippen molar-refractivity contribution in [1.82, 2.24) is 20.3 Å². The van der Waals surface area contributed by atoms with Gasteiger partial charge in [0.2, 0.25) is 0 Å². The molecule has 23 heavy (non-hydrogen) atoms. The van der Waals surface area contributed by atoms with Crippen molar-refractivity contribution < 1.29 is 14.7 Å². The number of rotatable bonds is 7. The van der Waals surface area contributed by atoms with Crippen LogP contribution in [0.4, 0.5) is 0 Å². The fourth-order valence-corrected chi connectivity index (χ4v) is 2.10. The number of hydrogen-bond acceptors (Lipinski definition) is 4. The van der Waals surface area contributed by atoms with Gasteiger partial charge in [-0.1, -0.05) is 35.5 Å². The molecular weight excluding hydrogens is 296 g/mol. The van der Waals surface area contributed by atoms with E-state index in [4.69, 9.17) is 5.11 Å². The van der Waals surface area contributed by atoms with Crippen LogP contribution in [0.15, 0.2) is 36.5 Å². The second-order valence-electron chi connectivity index (χ2n) is 6.02. The summed E-state index contributed by atoms with van der Waals surface area (Å²) in [6.07, 6.45) is 1.91. The highest BCUT2D eigenvalue weighted by Gasteiger charge is 2.23. The fourth-order valence-electron chi connectivity index (χ4n) is 2.10. The first-order chi connectivity index (χ1) is 10.9. The third-order valence-electron chi connectivity index (χ3n) is 3.37. The Hall–Kier alpha value is -2.70. The molecule has 0 spiro atoms. The predicted octanol–water partition coefficient (Wildman–Crippen LogP) is 1.70. The number of amides is 1. The van der Waals surface area contributed by atoms with Gasteiger partial charge >= 0.3 is 5.97 Å². The monoisotopic (exact) mass is 316 g/mol. The van der Waals surface area contributed by atoms with E-state index in [2.05, 4.69) is 15.6 Å². The molecule has 0 radical (unpaired) electrons. The average Bonchev–Trinajstić information content (AvgIpc) is 2.95. The lowest BCUT2D eigenvalue weighted by Gasteiger charge is -2.24. The number of nitrogens with zero attached hydrogens (tertiary/aromatic N) is 3. The lowest BCUT2D eigenvalue weighted by Crippen LogP contribution is -2.43. The molecule has 2 rings (SSSR count). The molecule has 0 saturated carbocycles. The molecule has 0 aliphatic heterocycles. The number of aromatic nitrogens is 3. The molecule has 2 aromatic rings. The summed E-state index contributed by atoms with van der Waals surface area (Å²) in [6, 6.07) is 9.74. The van der Waals surface area contributed by atoms with Crippen LogP contribution in [0.2, 0.25) is 0 Å². The molecule has 122 valence electrons. The summed E-state index contributed by atoms with van der Waals surface area (Å²) in [5, 5.41) is 19.3. The van der Waals surface area contributed by atoms with Gasteiger partial charge in [0.05, 0.1) is 12.7 Å². The minimum atomic E-state index is -0.888. The van der Waals surface area contributed by atoms with Crippen LogP contribution in [0.3, 0.4) is 0 Å². The van der Waals surface area contributed by atoms with Crippen molar-refractivity contribution in [2.24, 2.45) is 0 Å². The molecule has 1 amide bonds. The first kappa shape index (κ1) is 16.7. The van der Waals surface area contributed by atoms with Gasteiger partial charge in [0.25, 0.3) is 5.91 Å². The van der Waals surface area contributed by atoms with Crippen molar-refractivity contribution in [3.05, 3.63) is 47.8 Å². The molecule has 7 heteroatoms. The van der Waals surface area contributed by atoms with Gasteiger partial charge in [-0.05, 0) is 25.8 Å². The van der Waals surface area contributed by atoms with Gasteiger partial charge in [0.15, 0.2) is 5.69 Å². The van der Waals surface area contributed by atoms with Gasteiger partial charge in [-0.15, -0.1) is 5.10 Å². The van der Waals surface area contributed by atoms with Crippen LogP contribution < -0.4 is 5.32 Å². The van der Waals surface area contributed by atoms with Gasteiger partial charge in [0.1, 0.15) is 0 Å². The topological polar surface area (TPSA) is 97.1 Å². The van der Waals surface area contributed by atoms with Crippen molar-refractivity contribution in [3.8, 4) is 0 Å². The molecule has 2 N–H and O–H groups in total. The molecule has 0 bridgehead atoms. The lowest BCUT2D eigenvalue weighted by molar-refractivity contribution is -0.137. The van der Waals surface area contributed by atoms with E-state index < -0.39 is 11.5 Å². The number of carbonyl (C=O) groups excluding carboxylic acids is 1. The Kier molecular flexibility index (Phi) is 5.10. The summed E-state index contributed by atoms with van der Waals surface area (Å²) in [7, 11) is 0. The highest BCUT2D eigenvalue weighted by Crippen LogP contribution is 2.12. The van der Waals surface area contributed by atoms with Gasteiger partial charge in [-0.2, -0.15) is 0 Å². The smallest absolute Gasteiger partial charge is 0.303 e. The van der Waals surface area contributed by atoms with E-state index in [1.54, 1.807) is 24.7 Å². The molecule has 1 heterocycles. The highest BCUT2D eigenvalue weighted by atomic mass is 16.4. The third-order valence-corrected chi connectivity index (χ3v) is 3.37. The van der Waals surface area contributed by atoms with Crippen LogP contribution in [0, 0.1) is 0 Å². The molecule has 0 unspecified atom stereocenters. The van der Waals surface area contributed by atoms with Crippen LogP contribution in [0.5, 0.6) is 0 Å². The van der Waals surface area contributed by atoms with E-state index in [0.717, 1.165) is 5.56 Å². The summed E-state index contributed by atoms with van der Waals surface area (Å²) in [6.45, 7) is 4.09. The summed E-state index contributed by atoms with van der Waals surface area (Å²) in [5.41, 5.74) is 0.647. The van der Waals surface area contributed by atoms with E-state index in [1.807, 2.05) is 30.3 Å². The van der Waals surface area contributed by atoms with Crippen molar-refractivity contribution in [2.75, 3.05) is 0 Å². The largest absolute Gasteiger partial charge is 0.481 e.